The first-order valence-electron chi connectivity index (χ1n) is 6.89. The second-order valence-corrected chi connectivity index (χ2v) is 4.84. The molecule has 2 rings (SSSR count). The molecule has 0 radical (unpaired) electrons. The van der Waals surface area contributed by atoms with Crippen molar-refractivity contribution in [2.45, 2.75) is 19.8 Å². The van der Waals surface area contributed by atoms with Crippen molar-refractivity contribution in [3.63, 3.8) is 0 Å². The average Bonchev–Trinajstić information content (AvgIpc) is 2.50. The van der Waals surface area contributed by atoms with Gasteiger partial charge in [0.05, 0.1) is 12.0 Å². The first-order chi connectivity index (χ1) is 9.72. The van der Waals surface area contributed by atoms with Gasteiger partial charge in [0.1, 0.15) is 5.69 Å². The molecule has 1 aliphatic rings. The van der Waals surface area contributed by atoms with E-state index in [4.69, 9.17) is 15.2 Å². The molecule has 0 spiro atoms. The molecule has 0 bridgehead atoms. The van der Waals surface area contributed by atoms with Crippen molar-refractivity contribution in [3.8, 4) is 5.88 Å². The summed E-state index contributed by atoms with van der Waals surface area (Å²) in [6.45, 7) is 3.81. The lowest BCUT2D eigenvalue weighted by molar-refractivity contribution is -0.130. The van der Waals surface area contributed by atoms with Gasteiger partial charge in [-0.25, -0.2) is 4.98 Å². The Morgan fingerprint density at radius 1 is 1.55 bits per heavy atom. The largest absolute Gasteiger partial charge is 0.476 e. The lowest BCUT2D eigenvalue weighted by Crippen LogP contribution is -2.46. The van der Waals surface area contributed by atoms with Crippen LogP contribution in [0.5, 0.6) is 5.88 Å². The summed E-state index contributed by atoms with van der Waals surface area (Å²) in [5, 5.41) is 2.89. The van der Waals surface area contributed by atoms with E-state index >= 15 is 0 Å². The first kappa shape index (κ1) is 14.7. The molecule has 1 saturated heterocycles. The van der Waals surface area contributed by atoms with Crippen molar-refractivity contribution < 1.29 is 14.3 Å². The summed E-state index contributed by atoms with van der Waals surface area (Å²) in [6, 6.07) is 3.54. The number of nitrogens with two attached hydrogens (primary N) is 1. The number of carbonyl (C=O) groups excluding carboxylic acids is 1. The third-order valence-electron chi connectivity index (χ3n) is 3.62. The Kier molecular flexibility index (Phi) is 4.92. The Labute approximate surface area is 118 Å². The molecule has 0 unspecified atom stereocenters. The first-order valence-corrected chi connectivity index (χ1v) is 6.89. The monoisotopic (exact) mass is 279 g/mol. The number of nitrogens with one attached hydrogen (secondary N) is 1. The molecule has 1 aromatic rings. The highest BCUT2D eigenvalue weighted by Crippen LogP contribution is 2.32. The van der Waals surface area contributed by atoms with Crippen LogP contribution in [0, 0.1) is 5.41 Å². The molecule has 0 atom stereocenters. The summed E-state index contributed by atoms with van der Waals surface area (Å²) in [7, 11) is 0. The van der Waals surface area contributed by atoms with E-state index < -0.39 is 5.41 Å². The highest BCUT2D eigenvalue weighted by atomic mass is 16.5. The molecular formula is C14H21N3O3. The zero-order chi connectivity index (χ0) is 14.4. The number of nitrogens with zero attached hydrogens (tertiary/aromatic N) is 1. The number of aromatic nitrogens is 1. The van der Waals surface area contributed by atoms with Crippen LogP contribution in [0.3, 0.4) is 0 Å². The minimum Gasteiger partial charge on any atom is -0.476 e. The van der Waals surface area contributed by atoms with Crippen LogP contribution < -0.4 is 15.8 Å². The Morgan fingerprint density at radius 2 is 2.30 bits per heavy atom. The SMILES string of the molecule is CCOc1ncccc1NC(=O)C1(CN)CCOCC1. The lowest BCUT2D eigenvalue weighted by atomic mass is 9.79. The van der Waals surface area contributed by atoms with E-state index in [0.717, 1.165) is 0 Å². The number of pyridine rings is 1. The third kappa shape index (κ3) is 3.08. The van der Waals surface area contributed by atoms with Gasteiger partial charge in [-0.1, -0.05) is 0 Å². The van der Waals surface area contributed by atoms with Gasteiger partial charge in [0.25, 0.3) is 0 Å². The van der Waals surface area contributed by atoms with Crippen LogP contribution in [0.25, 0.3) is 0 Å². The normalized spacial score (nSPS) is 17.5. The van der Waals surface area contributed by atoms with E-state index in [2.05, 4.69) is 10.3 Å². The van der Waals surface area contributed by atoms with E-state index in [-0.39, 0.29) is 5.91 Å². The van der Waals surface area contributed by atoms with Crippen molar-refractivity contribution in [1.29, 1.82) is 0 Å². The Bertz CT molecular complexity index is 459. The van der Waals surface area contributed by atoms with E-state index in [0.29, 0.717) is 50.8 Å². The molecule has 0 saturated carbocycles. The fourth-order valence-electron chi connectivity index (χ4n) is 2.28. The van der Waals surface area contributed by atoms with E-state index in [9.17, 15) is 4.79 Å². The predicted octanol–water partition coefficient (Wildman–Crippen LogP) is 1.17. The zero-order valence-electron chi connectivity index (χ0n) is 11.7. The second kappa shape index (κ2) is 6.67. The van der Waals surface area contributed by atoms with Gasteiger partial charge in [-0.2, -0.15) is 0 Å². The van der Waals surface area contributed by atoms with E-state index in [1.165, 1.54) is 0 Å². The Balaban J connectivity index is 2.14. The van der Waals surface area contributed by atoms with Crippen molar-refractivity contribution in [2.75, 3.05) is 31.7 Å². The molecule has 1 aromatic heterocycles. The minimum atomic E-state index is -0.558. The number of carbonyl (C=O) groups is 1. The van der Waals surface area contributed by atoms with Gasteiger partial charge in [-0.15, -0.1) is 0 Å². The number of amides is 1. The molecule has 6 nitrogen and oxygen atoms in total. The maximum absolute atomic E-state index is 12.5. The molecule has 1 amide bonds. The van der Waals surface area contributed by atoms with Crippen LogP contribution in [0.15, 0.2) is 18.3 Å². The molecule has 110 valence electrons. The number of rotatable bonds is 5. The molecule has 2 heterocycles. The molecule has 3 N–H and O–H groups in total. The van der Waals surface area contributed by atoms with Gasteiger partial charge < -0.3 is 20.5 Å². The topological polar surface area (TPSA) is 86.5 Å². The Morgan fingerprint density at radius 3 is 2.95 bits per heavy atom. The molecule has 1 aliphatic heterocycles. The molecule has 1 fully saturated rings. The van der Waals surface area contributed by atoms with Gasteiger partial charge in [0, 0.05) is 26.0 Å². The maximum Gasteiger partial charge on any atom is 0.237 e. The van der Waals surface area contributed by atoms with Crippen molar-refractivity contribution in [2.24, 2.45) is 11.1 Å². The highest BCUT2D eigenvalue weighted by Gasteiger charge is 2.39. The molecular weight excluding hydrogens is 258 g/mol. The molecule has 6 heteroatoms. The van der Waals surface area contributed by atoms with Crippen molar-refractivity contribution in [3.05, 3.63) is 18.3 Å². The summed E-state index contributed by atoms with van der Waals surface area (Å²) in [4.78, 5) is 16.7. The fourth-order valence-corrected chi connectivity index (χ4v) is 2.28. The zero-order valence-corrected chi connectivity index (χ0v) is 11.7. The van der Waals surface area contributed by atoms with Crippen LogP contribution >= 0.6 is 0 Å². The highest BCUT2D eigenvalue weighted by molar-refractivity contribution is 5.96. The van der Waals surface area contributed by atoms with Gasteiger partial charge in [0.2, 0.25) is 11.8 Å². The molecule has 0 aromatic carbocycles. The van der Waals surface area contributed by atoms with Crippen LogP contribution in [-0.4, -0.2) is 37.3 Å². The van der Waals surface area contributed by atoms with Crippen LogP contribution in [-0.2, 0) is 9.53 Å². The summed E-state index contributed by atoms with van der Waals surface area (Å²) in [5.41, 5.74) is 5.85. The van der Waals surface area contributed by atoms with Crippen LogP contribution in [0.4, 0.5) is 5.69 Å². The van der Waals surface area contributed by atoms with Gasteiger partial charge in [-0.3, -0.25) is 4.79 Å². The minimum absolute atomic E-state index is 0.0859. The number of hydrogen-bond donors (Lipinski definition) is 2. The maximum atomic E-state index is 12.5. The number of hydrogen-bond acceptors (Lipinski definition) is 5. The van der Waals surface area contributed by atoms with E-state index in [1.807, 2.05) is 6.92 Å². The predicted molar refractivity (Wildman–Crippen MR) is 75.6 cm³/mol. The van der Waals surface area contributed by atoms with E-state index in [1.54, 1.807) is 18.3 Å². The van der Waals surface area contributed by atoms with Crippen molar-refractivity contribution in [1.82, 2.24) is 4.98 Å². The van der Waals surface area contributed by atoms with Gasteiger partial charge >= 0.3 is 0 Å². The van der Waals surface area contributed by atoms with Gasteiger partial charge in [-0.05, 0) is 31.9 Å². The Hall–Kier alpha value is -1.66. The van der Waals surface area contributed by atoms with Crippen LogP contribution in [0.2, 0.25) is 0 Å². The number of anilines is 1. The summed E-state index contributed by atoms with van der Waals surface area (Å²) < 4.78 is 10.7. The third-order valence-corrected chi connectivity index (χ3v) is 3.62. The lowest BCUT2D eigenvalue weighted by Gasteiger charge is -2.34. The quantitative estimate of drug-likeness (QED) is 0.845. The summed E-state index contributed by atoms with van der Waals surface area (Å²) in [5.74, 6) is 0.347. The standard InChI is InChI=1S/C14H21N3O3/c1-2-20-12-11(4-3-7-16-12)17-13(18)14(10-15)5-8-19-9-6-14/h3-4,7H,2,5-6,8-10,15H2,1H3,(H,17,18). The fraction of sp³-hybridized carbons (Fsp3) is 0.571. The molecule has 20 heavy (non-hydrogen) atoms. The molecule has 0 aliphatic carbocycles. The average molecular weight is 279 g/mol. The number of ether oxygens (including phenoxy) is 2. The van der Waals surface area contributed by atoms with Gasteiger partial charge in [0.15, 0.2) is 0 Å². The van der Waals surface area contributed by atoms with Crippen LogP contribution in [0.1, 0.15) is 19.8 Å². The smallest absolute Gasteiger partial charge is 0.237 e. The van der Waals surface area contributed by atoms with Crippen molar-refractivity contribution >= 4 is 11.6 Å². The summed E-state index contributed by atoms with van der Waals surface area (Å²) >= 11 is 0. The second-order valence-electron chi connectivity index (χ2n) is 4.84. The summed E-state index contributed by atoms with van der Waals surface area (Å²) in [6.07, 6.45) is 2.91.